The zero-order valence-corrected chi connectivity index (χ0v) is 19.2. The average Bonchev–Trinajstić information content (AvgIpc) is 3.04. The van der Waals surface area contributed by atoms with Gasteiger partial charge in [-0.3, -0.25) is 14.5 Å². The van der Waals surface area contributed by atoms with Crippen LogP contribution in [0.1, 0.15) is 30.5 Å². The molecule has 0 fully saturated rings. The van der Waals surface area contributed by atoms with Crippen molar-refractivity contribution in [2.45, 2.75) is 33.3 Å². The summed E-state index contributed by atoms with van der Waals surface area (Å²) in [6, 6.07) is 24.9. The van der Waals surface area contributed by atoms with Crippen LogP contribution in [0.5, 0.6) is 5.75 Å². The highest BCUT2D eigenvalue weighted by molar-refractivity contribution is 6.36. The molecule has 0 atom stereocenters. The fraction of sp³-hybridized carbons (Fsp3) is 0.214. The van der Waals surface area contributed by atoms with E-state index in [1.54, 1.807) is 0 Å². The standard InChI is InChI=1S/C28H28N2O3/c1-19(2)33-24-15-11-22(12-16-24)25-26(29-23-13-9-20(3)10-14-23)28(32)30(27(25)31)18-17-21-7-5-4-6-8-21/h4-16,19,29H,17-18H2,1-3H3. The van der Waals surface area contributed by atoms with Gasteiger partial charge in [0.05, 0.1) is 11.7 Å². The molecule has 2 amide bonds. The predicted octanol–water partition coefficient (Wildman–Crippen LogP) is 5.22. The summed E-state index contributed by atoms with van der Waals surface area (Å²) in [6.45, 7) is 6.25. The fourth-order valence-electron chi connectivity index (χ4n) is 3.80. The SMILES string of the molecule is Cc1ccc(NC2=C(c3ccc(OC(C)C)cc3)C(=O)N(CCc3ccccc3)C2=O)cc1. The fourth-order valence-corrected chi connectivity index (χ4v) is 3.80. The number of nitrogens with zero attached hydrogens (tertiary/aromatic N) is 1. The molecular weight excluding hydrogens is 412 g/mol. The van der Waals surface area contributed by atoms with E-state index in [0.29, 0.717) is 29.8 Å². The Balaban J connectivity index is 1.65. The molecule has 0 aliphatic carbocycles. The lowest BCUT2D eigenvalue weighted by molar-refractivity contribution is -0.136. The molecule has 1 aliphatic heterocycles. The van der Waals surface area contributed by atoms with Crippen LogP contribution < -0.4 is 10.1 Å². The average molecular weight is 441 g/mol. The highest BCUT2D eigenvalue weighted by Gasteiger charge is 2.39. The van der Waals surface area contributed by atoms with Crippen LogP contribution in [0.25, 0.3) is 5.57 Å². The van der Waals surface area contributed by atoms with Crippen molar-refractivity contribution in [3.05, 3.63) is 101 Å². The first kappa shape index (κ1) is 22.3. The van der Waals surface area contributed by atoms with Crippen molar-refractivity contribution in [1.82, 2.24) is 4.90 Å². The van der Waals surface area contributed by atoms with Gasteiger partial charge >= 0.3 is 0 Å². The molecule has 0 aromatic heterocycles. The van der Waals surface area contributed by atoms with Crippen LogP contribution in [-0.4, -0.2) is 29.4 Å². The molecule has 3 aromatic carbocycles. The molecule has 1 aliphatic rings. The molecule has 0 unspecified atom stereocenters. The van der Waals surface area contributed by atoms with Gasteiger partial charge in [0, 0.05) is 12.2 Å². The van der Waals surface area contributed by atoms with Crippen LogP contribution in [0.4, 0.5) is 5.69 Å². The van der Waals surface area contributed by atoms with Crippen LogP contribution in [0.15, 0.2) is 84.6 Å². The number of carbonyl (C=O) groups excluding carboxylic acids is 2. The molecule has 5 nitrogen and oxygen atoms in total. The van der Waals surface area contributed by atoms with Crippen LogP contribution in [0.3, 0.4) is 0 Å². The van der Waals surface area contributed by atoms with Gasteiger partial charge in [-0.25, -0.2) is 0 Å². The maximum Gasteiger partial charge on any atom is 0.278 e. The zero-order chi connectivity index (χ0) is 23.4. The van der Waals surface area contributed by atoms with Gasteiger partial charge in [-0.05, 0) is 62.6 Å². The van der Waals surface area contributed by atoms with E-state index in [9.17, 15) is 9.59 Å². The van der Waals surface area contributed by atoms with E-state index in [1.165, 1.54) is 4.90 Å². The number of ether oxygens (including phenoxy) is 1. The third-order valence-electron chi connectivity index (χ3n) is 5.47. The lowest BCUT2D eigenvalue weighted by Crippen LogP contribution is -2.34. The number of aryl methyl sites for hydroxylation is 1. The molecule has 1 heterocycles. The third-order valence-corrected chi connectivity index (χ3v) is 5.47. The maximum atomic E-state index is 13.4. The zero-order valence-electron chi connectivity index (χ0n) is 19.2. The number of hydrogen-bond donors (Lipinski definition) is 1. The monoisotopic (exact) mass is 440 g/mol. The highest BCUT2D eigenvalue weighted by Crippen LogP contribution is 2.31. The van der Waals surface area contributed by atoms with E-state index >= 15 is 0 Å². The van der Waals surface area contributed by atoms with Crippen molar-refractivity contribution in [3.63, 3.8) is 0 Å². The van der Waals surface area contributed by atoms with E-state index in [1.807, 2.05) is 99.6 Å². The Morgan fingerprint density at radius 3 is 2.15 bits per heavy atom. The smallest absolute Gasteiger partial charge is 0.278 e. The summed E-state index contributed by atoms with van der Waals surface area (Å²) in [5, 5.41) is 3.21. The number of imide groups is 1. The summed E-state index contributed by atoms with van der Waals surface area (Å²) < 4.78 is 5.73. The lowest BCUT2D eigenvalue weighted by atomic mass is 10.0. The summed E-state index contributed by atoms with van der Waals surface area (Å²) in [7, 11) is 0. The van der Waals surface area contributed by atoms with Crippen molar-refractivity contribution in [2.75, 3.05) is 11.9 Å². The molecule has 0 radical (unpaired) electrons. The molecule has 0 spiro atoms. The second-order valence-electron chi connectivity index (χ2n) is 8.43. The Morgan fingerprint density at radius 1 is 0.848 bits per heavy atom. The van der Waals surface area contributed by atoms with Gasteiger partial charge in [-0.1, -0.05) is 60.2 Å². The first-order chi connectivity index (χ1) is 15.9. The Hall–Kier alpha value is -3.86. The quantitative estimate of drug-likeness (QED) is 0.488. The van der Waals surface area contributed by atoms with Gasteiger partial charge in [0.2, 0.25) is 0 Å². The van der Waals surface area contributed by atoms with Crippen molar-refractivity contribution in [3.8, 4) is 5.75 Å². The van der Waals surface area contributed by atoms with Gasteiger partial charge in [0.1, 0.15) is 11.4 Å². The van der Waals surface area contributed by atoms with E-state index in [-0.39, 0.29) is 17.9 Å². The topological polar surface area (TPSA) is 58.6 Å². The lowest BCUT2D eigenvalue weighted by Gasteiger charge is -2.15. The van der Waals surface area contributed by atoms with E-state index in [4.69, 9.17) is 4.74 Å². The number of benzene rings is 3. The minimum Gasteiger partial charge on any atom is -0.491 e. The number of hydrogen-bond acceptors (Lipinski definition) is 4. The minimum absolute atomic E-state index is 0.0528. The largest absolute Gasteiger partial charge is 0.491 e. The molecule has 5 heteroatoms. The second-order valence-corrected chi connectivity index (χ2v) is 8.43. The Bertz CT molecular complexity index is 1160. The van der Waals surface area contributed by atoms with Crippen LogP contribution in [0, 0.1) is 6.92 Å². The van der Waals surface area contributed by atoms with Crippen molar-refractivity contribution >= 4 is 23.1 Å². The van der Waals surface area contributed by atoms with Crippen molar-refractivity contribution < 1.29 is 14.3 Å². The number of amides is 2. The molecule has 0 bridgehead atoms. The van der Waals surface area contributed by atoms with Gasteiger partial charge in [-0.2, -0.15) is 0 Å². The van der Waals surface area contributed by atoms with Crippen molar-refractivity contribution in [2.24, 2.45) is 0 Å². The predicted molar refractivity (Wildman–Crippen MR) is 131 cm³/mol. The van der Waals surface area contributed by atoms with Crippen LogP contribution in [-0.2, 0) is 16.0 Å². The summed E-state index contributed by atoms with van der Waals surface area (Å²) in [6.07, 6.45) is 0.655. The molecule has 0 saturated heterocycles. The Kier molecular flexibility index (Phi) is 6.59. The highest BCUT2D eigenvalue weighted by atomic mass is 16.5. The van der Waals surface area contributed by atoms with E-state index in [2.05, 4.69) is 5.32 Å². The van der Waals surface area contributed by atoms with E-state index in [0.717, 1.165) is 22.6 Å². The Labute approximate surface area is 194 Å². The first-order valence-corrected chi connectivity index (χ1v) is 11.2. The summed E-state index contributed by atoms with van der Waals surface area (Å²) in [5.41, 5.74) is 4.32. The number of rotatable bonds is 8. The summed E-state index contributed by atoms with van der Waals surface area (Å²) >= 11 is 0. The third kappa shape index (κ3) is 5.14. The second kappa shape index (κ2) is 9.74. The van der Waals surface area contributed by atoms with Gasteiger partial charge in [0.15, 0.2) is 0 Å². The number of anilines is 1. The van der Waals surface area contributed by atoms with E-state index < -0.39 is 0 Å². The first-order valence-electron chi connectivity index (χ1n) is 11.2. The normalized spacial score (nSPS) is 13.8. The van der Waals surface area contributed by atoms with Gasteiger partial charge < -0.3 is 10.1 Å². The molecule has 168 valence electrons. The van der Waals surface area contributed by atoms with Crippen LogP contribution in [0.2, 0.25) is 0 Å². The summed E-state index contributed by atoms with van der Waals surface area (Å²) in [5.74, 6) is 0.122. The number of carbonyl (C=O) groups is 2. The molecule has 3 aromatic rings. The van der Waals surface area contributed by atoms with Crippen molar-refractivity contribution in [1.29, 1.82) is 0 Å². The minimum atomic E-state index is -0.311. The molecular formula is C28H28N2O3. The summed E-state index contributed by atoms with van der Waals surface area (Å²) in [4.78, 5) is 28.1. The molecule has 4 rings (SSSR count). The maximum absolute atomic E-state index is 13.4. The molecule has 1 N–H and O–H groups in total. The van der Waals surface area contributed by atoms with Gasteiger partial charge in [0.25, 0.3) is 11.8 Å². The van der Waals surface area contributed by atoms with Gasteiger partial charge in [-0.15, -0.1) is 0 Å². The Morgan fingerprint density at radius 2 is 1.52 bits per heavy atom. The van der Waals surface area contributed by atoms with Crippen LogP contribution >= 0.6 is 0 Å². The molecule has 33 heavy (non-hydrogen) atoms. The molecule has 0 saturated carbocycles. The number of nitrogens with one attached hydrogen (secondary N) is 1.